The van der Waals surface area contributed by atoms with Crippen LogP contribution in [0.15, 0.2) is 66.1 Å². The van der Waals surface area contributed by atoms with Crippen LogP contribution in [0.4, 0.5) is 0 Å². The first kappa shape index (κ1) is 18.9. The van der Waals surface area contributed by atoms with E-state index in [0.717, 1.165) is 22.2 Å². The van der Waals surface area contributed by atoms with Crippen molar-refractivity contribution in [2.75, 3.05) is 6.61 Å². The van der Waals surface area contributed by atoms with Crippen molar-refractivity contribution in [3.8, 4) is 5.75 Å². The molecule has 27 heavy (non-hydrogen) atoms. The van der Waals surface area contributed by atoms with E-state index in [4.69, 9.17) is 9.47 Å². The number of carbonyl (C=O) groups excluding carboxylic acids is 1. The second-order valence-electron chi connectivity index (χ2n) is 6.05. The van der Waals surface area contributed by atoms with Crippen LogP contribution in [-0.2, 0) is 19.6 Å². The number of hydrogen-bond acceptors (Lipinski definition) is 5. The summed E-state index contributed by atoms with van der Waals surface area (Å²) in [5.41, 5.74) is 0. The number of hydrogen-bond donors (Lipinski definition) is 1. The number of carbonyl (C=O) groups is 1. The van der Waals surface area contributed by atoms with Crippen molar-refractivity contribution in [3.05, 3.63) is 61.2 Å². The van der Waals surface area contributed by atoms with E-state index in [-0.39, 0.29) is 11.5 Å². The molecule has 0 aromatic heterocycles. The Morgan fingerprint density at radius 3 is 2.56 bits per heavy atom. The fourth-order valence-electron chi connectivity index (χ4n) is 2.80. The summed E-state index contributed by atoms with van der Waals surface area (Å²) in [5, 5.41) is 2.98. The van der Waals surface area contributed by atoms with Crippen molar-refractivity contribution in [2.24, 2.45) is 0 Å². The van der Waals surface area contributed by atoms with E-state index in [1.807, 2.05) is 30.3 Å². The van der Waals surface area contributed by atoms with Gasteiger partial charge in [0.15, 0.2) is 0 Å². The van der Waals surface area contributed by atoms with E-state index in [2.05, 4.69) is 6.58 Å². The fraction of sp³-hybridized carbons (Fsp3) is 0.150. The molecule has 0 fully saturated rings. The lowest BCUT2D eigenvalue weighted by Crippen LogP contribution is -2.21. The summed E-state index contributed by atoms with van der Waals surface area (Å²) in [6.45, 7) is 5.10. The van der Waals surface area contributed by atoms with Crippen molar-refractivity contribution in [1.29, 1.82) is 0 Å². The molecule has 1 unspecified atom stereocenters. The van der Waals surface area contributed by atoms with Crippen molar-refractivity contribution < 1.29 is 27.2 Å². The van der Waals surface area contributed by atoms with Gasteiger partial charge in [0.1, 0.15) is 18.5 Å². The molecule has 0 amide bonds. The highest BCUT2D eigenvalue weighted by Crippen LogP contribution is 2.36. The van der Waals surface area contributed by atoms with Gasteiger partial charge in [-0.05, 0) is 35.9 Å². The van der Waals surface area contributed by atoms with Crippen LogP contribution in [0.5, 0.6) is 5.75 Å². The average molecular weight is 386 g/mol. The Morgan fingerprint density at radius 1 is 1.15 bits per heavy atom. The first-order chi connectivity index (χ1) is 12.8. The maximum absolute atomic E-state index is 11.5. The van der Waals surface area contributed by atoms with E-state index in [1.54, 1.807) is 13.0 Å². The minimum Gasteiger partial charge on any atom is -0.488 e. The predicted octanol–water partition coefficient (Wildman–Crippen LogP) is 3.74. The Kier molecular flexibility index (Phi) is 5.16. The zero-order chi connectivity index (χ0) is 19.6. The van der Waals surface area contributed by atoms with Crippen LogP contribution in [-0.4, -0.2) is 31.7 Å². The maximum atomic E-state index is 11.5. The van der Waals surface area contributed by atoms with Crippen molar-refractivity contribution in [1.82, 2.24) is 0 Å². The van der Waals surface area contributed by atoms with Gasteiger partial charge in [0.05, 0.1) is 4.90 Å². The van der Waals surface area contributed by atoms with E-state index < -0.39 is 22.2 Å². The van der Waals surface area contributed by atoms with Gasteiger partial charge in [-0.15, -0.1) is 0 Å². The second kappa shape index (κ2) is 7.38. The minimum atomic E-state index is -4.35. The lowest BCUT2D eigenvalue weighted by molar-refractivity contribution is -0.143. The molecule has 0 saturated heterocycles. The summed E-state index contributed by atoms with van der Waals surface area (Å²) in [6, 6.07) is 13.7. The molecule has 3 aromatic carbocycles. The molecule has 7 heteroatoms. The predicted molar refractivity (Wildman–Crippen MR) is 103 cm³/mol. The van der Waals surface area contributed by atoms with Gasteiger partial charge in [0.25, 0.3) is 10.1 Å². The molecular formula is C20H18O6S. The summed E-state index contributed by atoms with van der Waals surface area (Å²) in [4.78, 5) is 11.1. The van der Waals surface area contributed by atoms with Gasteiger partial charge in [-0.2, -0.15) is 8.42 Å². The molecule has 0 radical (unpaired) electrons. The summed E-state index contributed by atoms with van der Waals surface area (Å²) >= 11 is 0. The first-order valence-electron chi connectivity index (χ1n) is 8.18. The number of benzene rings is 3. The molecule has 1 N–H and O–H groups in total. The van der Waals surface area contributed by atoms with Gasteiger partial charge in [-0.25, -0.2) is 4.79 Å². The van der Waals surface area contributed by atoms with E-state index in [1.165, 1.54) is 12.1 Å². The molecule has 0 aliphatic heterocycles. The molecule has 1 atom stereocenters. The fourth-order valence-corrected chi connectivity index (χ4v) is 3.30. The Bertz CT molecular complexity index is 1130. The molecule has 6 nitrogen and oxygen atoms in total. The average Bonchev–Trinajstić information content (AvgIpc) is 2.63. The normalized spacial score (nSPS) is 12.7. The molecule has 3 aromatic rings. The molecule has 140 valence electrons. The molecule has 0 saturated carbocycles. The number of rotatable bonds is 6. The third kappa shape index (κ3) is 4.10. The summed E-state index contributed by atoms with van der Waals surface area (Å²) < 4.78 is 43.4. The molecule has 3 rings (SSSR count). The molecule has 0 aliphatic carbocycles. The quantitative estimate of drug-likeness (QED) is 0.300. The SMILES string of the molecule is C=CC(=O)OC(C)COc1c2ccccc2cc2ccc(S(=O)(=O)O)cc12. The van der Waals surface area contributed by atoms with Crippen molar-refractivity contribution in [2.45, 2.75) is 17.9 Å². The Hall–Kier alpha value is -2.90. The summed E-state index contributed by atoms with van der Waals surface area (Å²) in [6.07, 6.45) is 0.539. The lowest BCUT2D eigenvalue weighted by Gasteiger charge is -2.17. The maximum Gasteiger partial charge on any atom is 0.330 e. The van der Waals surface area contributed by atoms with Crippen LogP contribution < -0.4 is 4.74 Å². The molecule has 0 bridgehead atoms. The highest BCUT2D eigenvalue weighted by atomic mass is 32.2. The topological polar surface area (TPSA) is 89.9 Å². The molecular weight excluding hydrogens is 368 g/mol. The Balaban J connectivity index is 2.10. The van der Waals surface area contributed by atoms with Crippen molar-refractivity contribution in [3.63, 3.8) is 0 Å². The highest BCUT2D eigenvalue weighted by Gasteiger charge is 2.16. The van der Waals surface area contributed by atoms with Crippen LogP contribution >= 0.6 is 0 Å². The van der Waals surface area contributed by atoms with Gasteiger partial charge in [0.2, 0.25) is 0 Å². The number of fused-ring (bicyclic) bond motifs is 2. The van der Waals surface area contributed by atoms with Crippen LogP contribution in [0.3, 0.4) is 0 Å². The minimum absolute atomic E-state index is 0.0682. The van der Waals surface area contributed by atoms with Crippen LogP contribution in [0, 0.1) is 0 Å². The van der Waals surface area contributed by atoms with Crippen LogP contribution in [0.1, 0.15) is 6.92 Å². The summed E-state index contributed by atoms with van der Waals surface area (Å²) in [5.74, 6) is -0.0994. The van der Waals surface area contributed by atoms with Crippen molar-refractivity contribution >= 4 is 37.6 Å². The third-order valence-electron chi connectivity index (χ3n) is 4.03. The number of ether oxygens (including phenoxy) is 2. The number of esters is 1. The monoisotopic (exact) mass is 386 g/mol. The van der Waals surface area contributed by atoms with Gasteiger partial charge in [-0.1, -0.05) is 36.9 Å². The lowest BCUT2D eigenvalue weighted by atomic mass is 10.0. The summed E-state index contributed by atoms with van der Waals surface area (Å²) in [7, 11) is -4.35. The zero-order valence-electron chi connectivity index (χ0n) is 14.6. The van der Waals surface area contributed by atoms with Crippen LogP contribution in [0.2, 0.25) is 0 Å². The second-order valence-corrected chi connectivity index (χ2v) is 7.47. The van der Waals surface area contributed by atoms with E-state index >= 15 is 0 Å². The van der Waals surface area contributed by atoms with Crippen LogP contribution in [0.25, 0.3) is 21.5 Å². The van der Waals surface area contributed by atoms with Gasteiger partial charge in [-0.3, -0.25) is 4.55 Å². The Morgan fingerprint density at radius 2 is 1.85 bits per heavy atom. The molecule has 0 heterocycles. The Labute approximate surface area is 156 Å². The smallest absolute Gasteiger partial charge is 0.330 e. The van der Waals surface area contributed by atoms with Gasteiger partial charge >= 0.3 is 5.97 Å². The van der Waals surface area contributed by atoms with Gasteiger partial charge in [0, 0.05) is 16.8 Å². The third-order valence-corrected chi connectivity index (χ3v) is 4.88. The molecule has 0 aliphatic rings. The molecule has 0 spiro atoms. The largest absolute Gasteiger partial charge is 0.488 e. The van der Waals surface area contributed by atoms with Gasteiger partial charge < -0.3 is 9.47 Å². The zero-order valence-corrected chi connectivity index (χ0v) is 15.4. The standard InChI is InChI=1S/C20H18O6S/c1-3-19(21)26-13(2)12-25-20-17-7-5-4-6-14(17)10-15-8-9-16(11-18(15)20)27(22,23)24/h3-11,13H,1,12H2,2H3,(H,22,23,24). The first-order valence-corrected chi connectivity index (χ1v) is 9.62. The van der Waals surface area contributed by atoms with E-state index in [0.29, 0.717) is 11.1 Å². The van der Waals surface area contributed by atoms with E-state index in [9.17, 15) is 17.8 Å². The highest BCUT2D eigenvalue weighted by molar-refractivity contribution is 7.85.